The maximum Gasteiger partial charge on any atom is 0.222 e. The highest BCUT2D eigenvalue weighted by molar-refractivity contribution is 5.80. The Kier molecular flexibility index (Phi) is 12.8. The zero-order chi connectivity index (χ0) is 21.6. The van der Waals surface area contributed by atoms with E-state index in [4.69, 9.17) is 10.5 Å². The molecule has 168 valence electrons. The van der Waals surface area contributed by atoms with Crippen molar-refractivity contribution in [3.63, 3.8) is 0 Å². The highest BCUT2D eigenvalue weighted by Gasteiger charge is 2.23. The molecule has 3 N–H and O–H groups in total. The smallest absolute Gasteiger partial charge is 0.222 e. The summed E-state index contributed by atoms with van der Waals surface area (Å²) in [7, 11) is 0. The summed E-state index contributed by atoms with van der Waals surface area (Å²) in [5.74, 6) is 0.816. The van der Waals surface area contributed by atoms with Gasteiger partial charge in [-0.15, -0.1) is 0 Å². The van der Waals surface area contributed by atoms with Crippen LogP contribution in [0.1, 0.15) is 97.8 Å². The molecule has 0 aromatic carbocycles. The Labute approximate surface area is 176 Å². The minimum atomic E-state index is -0.274. The lowest BCUT2D eigenvalue weighted by molar-refractivity contribution is -0.125. The van der Waals surface area contributed by atoms with Gasteiger partial charge in [0, 0.05) is 37.3 Å². The van der Waals surface area contributed by atoms with E-state index in [1.165, 1.54) is 19.3 Å². The molecule has 2 aliphatic rings. The van der Waals surface area contributed by atoms with E-state index in [2.05, 4.69) is 5.32 Å². The van der Waals surface area contributed by atoms with Crippen molar-refractivity contribution < 1.29 is 19.1 Å². The SMILES string of the molecule is CC(C)C(=O)NC1CCC(OCCCC(N)=O)CC1.CCC(=O)C1CCCCC1. The van der Waals surface area contributed by atoms with Crippen LogP contribution < -0.4 is 11.1 Å². The number of hydrogen-bond acceptors (Lipinski definition) is 4. The monoisotopic (exact) mass is 410 g/mol. The van der Waals surface area contributed by atoms with Gasteiger partial charge in [-0.2, -0.15) is 0 Å². The molecule has 29 heavy (non-hydrogen) atoms. The van der Waals surface area contributed by atoms with E-state index >= 15 is 0 Å². The number of primary amides is 1. The van der Waals surface area contributed by atoms with Crippen LogP contribution in [0, 0.1) is 11.8 Å². The molecule has 2 fully saturated rings. The van der Waals surface area contributed by atoms with E-state index in [-0.39, 0.29) is 23.8 Å². The van der Waals surface area contributed by atoms with Crippen LogP contribution in [0.4, 0.5) is 0 Å². The second-order valence-corrected chi connectivity index (χ2v) is 8.73. The number of ether oxygens (including phenoxy) is 1. The number of rotatable bonds is 9. The van der Waals surface area contributed by atoms with E-state index in [0.29, 0.717) is 37.2 Å². The van der Waals surface area contributed by atoms with Gasteiger partial charge < -0.3 is 15.8 Å². The van der Waals surface area contributed by atoms with E-state index in [1.54, 1.807) is 0 Å². The van der Waals surface area contributed by atoms with E-state index in [0.717, 1.165) is 44.9 Å². The predicted molar refractivity (Wildman–Crippen MR) is 115 cm³/mol. The zero-order valence-electron chi connectivity index (χ0n) is 18.7. The molecule has 0 saturated heterocycles. The Morgan fingerprint density at radius 3 is 2.14 bits per heavy atom. The van der Waals surface area contributed by atoms with Crippen molar-refractivity contribution in [1.82, 2.24) is 5.32 Å². The molecule has 0 aromatic rings. The molecule has 0 aliphatic heterocycles. The molecule has 2 rings (SSSR count). The highest BCUT2D eigenvalue weighted by atomic mass is 16.5. The molecule has 0 spiro atoms. The van der Waals surface area contributed by atoms with Gasteiger partial charge in [0.1, 0.15) is 5.78 Å². The van der Waals surface area contributed by atoms with Crippen LogP contribution in [0.25, 0.3) is 0 Å². The largest absolute Gasteiger partial charge is 0.378 e. The molecule has 0 aromatic heterocycles. The highest BCUT2D eigenvalue weighted by Crippen LogP contribution is 2.25. The van der Waals surface area contributed by atoms with E-state index < -0.39 is 0 Å². The molecule has 0 atom stereocenters. The van der Waals surface area contributed by atoms with Crippen LogP contribution in [0.2, 0.25) is 0 Å². The Bertz CT molecular complexity index is 493. The van der Waals surface area contributed by atoms with Crippen molar-refractivity contribution >= 4 is 17.6 Å². The second-order valence-electron chi connectivity index (χ2n) is 8.73. The predicted octanol–water partition coefficient (Wildman–Crippen LogP) is 3.90. The van der Waals surface area contributed by atoms with Gasteiger partial charge in [-0.3, -0.25) is 14.4 Å². The first-order chi connectivity index (χ1) is 13.8. The molecule has 0 radical (unpaired) electrons. The topological polar surface area (TPSA) is 98.5 Å². The zero-order valence-corrected chi connectivity index (χ0v) is 18.7. The summed E-state index contributed by atoms with van der Waals surface area (Å²) in [6.45, 7) is 6.37. The third kappa shape index (κ3) is 11.4. The molecule has 0 unspecified atom stereocenters. The van der Waals surface area contributed by atoms with Crippen molar-refractivity contribution in [1.29, 1.82) is 0 Å². The van der Waals surface area contributed by atoms with Crippen molar-refractivity contribution in [3.8, 4) is 0 Å². The summed E-state index contributed by atoms with van der Waals surface area (Å²) in [6.07, 6.45) is 12.2. The first kappa shape index (κ1) is 25.6. The van der Waals surface area contributed by atoms with Gasteiger partial charge in [0.05, 0.1) is 6.10 Å². The lowest BCUT2D eigenvalue weighted by Gasteiger charge is -2.29. The van der Waals surface area contributed by atoms with Gasteiger partial charge in [0.15, 0.2) is 0 Å². The molecule has 6 nitrogen and oxygen atoms in total. The van der Waals surface area contributed by atoms with Crippen molar-refractivity contribution in [2.75, 3.05) is 6.61 Å². The fraction of sp³-hybridized carbons (Fsp3) is 0.870. The molecule has 0 heterocycles. The number of hydrogen-bond donors (Lipinski definition) is 2. The van der Waals surface area contributed by atoms with Crippen LogP contribution in [0.3, 0.4) is 0 Å². The number of nitrogens with one attached hydrogen (secondary N) is 1. The Balaban J connectivity index is 0.000000352. The standard InChI is InChI=1S/C14H26N2O3.C9H16O/c1-10(2)14(18)16-11-5-7-12(8-6-11)19-9-3-4-13(15)17;1-2-9(10)8-6-4-3-5-7-8/h10-12H,3-9H2,1-2H3,(H2,15,17)(H,16,18);8H,2-7H2,1H3. The third-order valence-corrected chi connectivity index (χ3v) is 5.88. The molecule has 0 bridgehead atoms. The average molecular weight is 411 g/mol. The number of carbonyl (C=O) groups is 3. The van der Waals surface area contributed by atoms with Gasteiger partial charge >= 0.3 is 0 Å². The summed E-state index contributed by atoms with van der Waals surface area (Å²) in [5, 5.41) is 3.07. The van der Waals surface area contributed by atoms with E-state index in [9.17, 15) is 14.4 Å². The van der Waals surface area contributed by atoms with Crippen LogP contribution in [0.15, 0.2) is 0 Å². The van der Waals surface area contributed by atoms with Gasteiger partial charge in [0.2, 0.25) is 11.8 Å². The minimum absolute atomic E-state index is 0.0442. The average Bonchev–Trinajstić information content (AvgIpc) is 2.72. The number of ketones is 1. The molecule has 2 saturated carbocycles. The van der Waals surface area contributed by atoms with Gasteiger partial charge in [-0.05, 0) is 44.9 Å². The van der Waals surface area contributed by atoms with Gasteiger partial charge in [0.25, 0.3) is 0 Å². The molecule has 2 amide bonds. The molecular weight excluding hydrogens is 368 g/mol. The Hall–Kier alpha value is -1.43. The number of nitrogens with two attached hydrogens (primary N) is 1. The first-order valence-corrected chi connectivity index (χ1v) is 11.6. The molecule has 2 aliphatic carbocycles. The quantitative estimate of drug-likeness (QED) is 0.563. The Morgan fingerprint density at radius 2 is 1.62 bits per heavy atom. The van der Waals surface area contributed by atoms with Gasteiger partial charge in [-0.1, -0.05) is 40.0 Å². The normalized spacial score (nSPS) is 22.5. The summed E-state index contributed by atoms with van der Waals surface area (Å²) >= 11 is 0. The van der Waals surface area contributed by atoms with Crippen LogP contribution >= 0.6 is 0 Å². The van der Waals surface area contributed by atoms with Crippen LogP contribution in [-0.4, -0.2) is 36.4 Å². The maximum absolute atomic E-state index is 11.6. The van der Waals surface area contributed by atoms with Crippen LogP contribution in [0.5, 0.6) is 0 Å². The summed E-state index contributed by atoms with van der Waals surface area (Å²) < 4.78 is 5.71. The molecular formula is C23H42N2O4. The lowest BCUT2D eigenvalue weighted by Crippen LogP contribution is -2.40. The number of Topliss-reactive ketones (excluding diaryl/α,β-unsaturated/α-hetero) is 1. The van der Waals surface area contributed by atoms with Gasteiger partial charge in [-0.25, -0.2) is 0 Å². The fourth-order valence-corrected chi connectivity index (χ4v) is 3.95. The third-order valence-electron chi connectivity index (χ3n) is 5.88. The fourth-order valence-electron chi connectivity index (χ4n) is 3.95. The first-order valence-electron chi connectivity index (χ1n) is 11.6. The summed E-state index contributed by atoms with van der Waals surface area (Å²) in [6, 6.07) is 0.292. The van der Waals surface area contributed by atoms with Crippen molar-refractivity contribution in [2.45, 2.75) is 110 Å². The summed E-state index contributed by atoms with van der Waals surface area (Å²) in [5.41, 5.74) is 5.07. The Morgan fingerprint density at radius 1 is 1.00 bits per heavy atom. The van der Waals surface area contributed by atoms with E-state index in [1.807, 2.05) is 20.8 Å². The van der Waals surface area contributed by atoms with Crippen LogP contribution in [-0.2, 0) is 19.1 Å². The minimum Gasteiger partial charge on any atom is -0.378 e. The number of carbonyl (C=O) groups excluding carboxylic acids is 3. The second kappa shape index (κ2) is 14.5. The summed E-state index contributed by atoms with van der Waals surface area (Å²) in [4.78, 5) is 33.3. The maximum atomic E-state index is 11.6. The van der Waals surface area contributed by atoms with Crippen molar-refractivity contribution in [3.05, 3.63) is 0 Å². The van der Waals surface area contributed by atoms with Crippen molar-refractivity contribution in [2.24, 2.45) is 17.6 Å². The number of amides is 2. The molecule has 6 heteroatoms. The lowest BCUT2D eigenvalue weighted by atomic mass is 9.85.